The highest BCUT2D eigenvalue weighted by atomic mass is 79.9. The molecule has 0 aliphatic rings. The average molecular weight is 515 g/mol. The van der Waals surface area contributed by atoms with Gasteiger partial charge in [-0.05, 0) is 73.5 Å². The zero-order valence-electron chi connectivity index (χ0n) is 17.5. The van der Waals surface area contributed by atoms with Gasteiger partial charge in [-0.25, -0.2) is 5.43 Å². The molecule has 2 amide bonds. The first-order chi connectivity index (χ1) is 15.3. The summed E-state index contributed by atoms with van der Waals surface area (Å²) in [7, 11) is 0. The van der Waals surface area contributed by atoms with Gasteiger partial charge in [0, 0.05) is 26.3 Å². The van der Waals surface area contributed by atoms with Gasteiger partial charge in [-0.2, -0.15) is 5.10 Å². The second-order valence-electron chi connectivity index (χ2n) is 7.04. The molecule has 6 nitrogen and oxygen atoms in total. The Hall–Kier alpha value is -3.16. The molecule has 3 aromatic carbocycles. The topological polar surface area (TPSA) is 79.8 Å². The Morgan fingerprint density at radius 3 is 2.56 bits per heavy atom. The van der Waals surface area contributed by atoms with Crippen molar-refractivity contribution in [1.82, 2.24) is 5.43 Å². The number of nitrogens with zero attached hydrogens (tertiary/aromatic N) is 1. The van der Waals surface area contributed by atoms with E-state index in [1.165, 1.54) is 6.21 Å². The van der Waals surface area contributed by atoms with Gasteiger partial charge in [0.1, 0.15) is 5.75 Å². The molecule has 3 rings (SSSR count). The van der Waals surface area contributed by atoms with Crippen molar-refractivity contribution < 1.29 is 14.3 Å². The van der Waals surface area contributed by atoms with Crippen LogP contribution in [0.15, 0.2) is 70.2 Å². The summed E-state index contributed by atoms with van der Waals surface area (Å²) in [6.45, 7) is 3.72. The van der Waals surface area contributed by atoms with Crippen LogP contribution in [0.4, 0.5) is 5.69 Å². The third-order valence-electron chi connectivity index (χ3n) is 4.47. The van der Waals surface area contributed by atoms with E-state index in [1.807, 2.05) is 32.0 Å². The third-order valence-corrected chi connectivity index (χ3v) is 5.22. The number of hydrazone groups is 1. The van der Waals surface area contributed by atoms with Crippen molar-refractivity contribution in [3.8, 4) is 5.75 Å². The Bertz CT molecular complexity index is 1160. The highest BCUT2D eigenvalue weighted by Gasteiger charge is 2.09. The summed E-state index contributed by atoms with van der Waals surface area (Å²) in [5.41, 5.74) is 6.26. The molecule has 0 radical (unpaired) electrons. The minimum absolute atomic E-state index is 0.174. The van der Waals surface area contributed by atoms with Crippen LogP contribution < -0.4 is 15.5 Å². The summed E-state index contributed by atoms with van der Waals surface area (Å²) in [6, 6.07) is 17.6. The Balaban J connectivity index is 1.63. The monoisotopic (exact) mass is 513 g/mol. The fourth-order valence-electron chi connectivity index (χ4n) is 2.78. The van der Waals surface area contributed by atoms with Crippen LogP contribution >= 0.6 is 27.5 Å². The van der Waals surface area contributed by atoms with Crippen molar-refractivity contribution in [1.29, 1.82) is 0 Å². The van der Waals surface area contributed by atoms with E-state index in [-0.39, 0.29) is 18.4 Å². The van der Waals surface area contributed by atoms with E-state index in [4.69, 9.17) is 16.3 Å². The molecule has 0 aliphatic heterocycles. The minimum atomic E-state index is -0.372. The maximum absolute atomic E-state index is 12.4. The fraction of sp³-hybridized carbons (Fsp3) is 0.125. The molecule has 2 N–H and O–H groups in total. The SMILES string of the molecule is Cc1ccc(C)c(NC(=O)COc2ccc(Br)cc2/C=N/NC(=O)c2ccc(Cl)cc2)c1. The first kappa shape index (κ1) is 23.5. The zero-order valence-corrected chi connectivity index (χ0v) is 19.8. The second-order valence-corrected chi connectivity index (χ2v) is 8.40. The van der Waals surface area contributed by atoms with Gasteiger partial charge in [0.05, 0.1) is 6.21 Å². The van der Waals surface area contributed by atoms with Gasteiger partial charge >= 0.3 is 0 Å². The summed E-state index contributed by atoms with van der Waals surface area (Å²) in [5, 5.41) is 7.40. The number of aryl methyl sites for hydroxylation is 2. The Morgan fingerprint density at radius 1 is 1.06 bits per heavy atom. The molecule has 0 saturated carbocycles. The van der Waals surface area contributed by atoms with Gasteiger partial charge in [-0.1, -0.05) is 39.7 Å². The number of anilines is 1. The smallest absolute Gasteiger partial charge is 0.271 e. The van der Waals surface area contributed by atoms with Crippen molar-refractivity contribution in [2.24, 2.45) is 5.10 Å². The molecule has 32 heavy (non-hydrogen) atoms. The van der Waals surface area contributed by atoms with Gasteiger partial charge in [0.25, 0.3) is 11.8 Å². The molecule has 0 aliphatic carbocycles. The van der Waals surface area contributed by atoms with E-state index in [2.05, 4.69) is 31.8 Å². The molecule has 164 valence electrons. The van der Waals surface area contributed by atoms with E-state index in [1.54, 1.807) is 42.5 Å². The van der Waals surface area contributed by atoms with Crippen LogP contribution in [0.1, 0.15) is 27.0 Å². The zero-order chi connectivity index (χ0) is 23.1. The van der Waals surface area contributed by atoms with Crippen molar-refractivity contribution >= 4 is 51.2 Å². The van der Waals surface area contributed by atoms with Crippen LogP contribution in [0.25, 0.3) is 0 Å². The summed E-state index contributed by atoms with van der Waals surface area (Å²) < 4.78 is 6.50. The number of hydrogen-bond donors (Lipinski definition) is 2. The number of nitrogens with one attached hydrogen (secondary N) is 2. The van der Waals surface area contributed by atoms with Crippen LogP contribution in [0.5, 0.6) is 5.75 Å². The predicted octanol–water partition coefficient (Wildman–Crippen LogP) is 5.50. The number of ether oxygens (including phenoxy) is 1. The van der Waals surface area contributed by atoms with E-state index in [9.17, 15) is 9.59 Å². The van der Waals surface area contributed by atoms with Gasteiger partial charge in [0.15, 0.2) is 6.61 Å². The summed E-state index contributed by atoms with van der Waals surface area (Å²) in [6.07, 6.45) is 1.45. The van der Waals surface area contributed by atoms with E-state index >= 15 is 0 Å². The van der Waals surface area contributed by atoms with Crippen molar-refractivity contribution in [2.45, 2.75) is 13.8 Å². The van der Waals surface area contributed by atoms with Crippen molar-refractivity contribution in [3.05, 3.63) is 92.4 Å². The molecule has 0 fully saturated rings. The molecule has 0 atom stereocenters. The second kappa shape index (κ2) is 10.9. The molecule has 0 heterocycles. The number of carbonyl (C=O) groups excluding carboxylic acids is 2. The molecular formula is C24H21BrClN3O3. The molecule has 0 bridgehead atoms. The Morgan fingerprint density at radius 2 is 1.81 bits per heavy atom. The van der Waals surface area contributed by atoms with Gasteiger partial charge in [-0.3, -0.25) is 9.59 Å². The number of benzene rings is 3. The van der Waals surface area contributed by atoms with Gasteiger partial charge < -0.3 is 10.1 Å². The summed E-state index contributed by atoms with van der Waals surface area (Å²) >= 11 is 9.24. The summed E-state index contributed by atoms with van der Waals surface area (Å²) in [5.74, 6) is -0.197. The van der Waals surface area contributed by atoms with Gasteiger partial charge in [0.2, 0.25) is 0 Å². The molecule has 8 heteroatoms. The first-order valence-corrected chi connectivity index (χ1v) is 10.9. The van der Waals surface area contributed by atoms with Crippen molar-refractivity contribution in [2.75, 3.05) is 11.9 Å². The molecule has 0 unspecified atom stereocenters. The largest absolute Gasteiger partial charge is 0.483 e. The standard InChI is InChI=1S/C24H21BrClN3O3/c1-15-3-4-16(2)21(11-15)28-23(30)14-32-22-10-7-19(25)12-18(22)13-27-29-24(31)17-5-8-20(26)9-6-17/h3-13H,14H2,1-2H3,(H,28,30)(H,29,31)/b27-13+. The van der Waals surface area contributed by atoms with Crippen LogP contribution in [-0.4, -0.2) is 24.6 Å². The maximum Gasteiger partial charge on any atom is 0.271 e. The fourth-order valence-corrected chi connectivity index (χ4v) is 3.28. The number of halogens is 2. The minimum Gasteiger partial charge on any atom is -0.483 e. The maximum atomic E-state index is 12.4. The molecular weight excluding hydrogens is 494 g/mol. The molecule has 3 aromatic rings. The van der Waals surface area contributed by atoms with Crippen molar-refractivity contribution in [3.63, 3.8) is 0 Å². The Kier molecular flexibility index (Phi) is 8.03. The number of rotatable bonds is 7. The molecule has 0 spiro atoms. The van der Waals surface area contributed by atoms with Crippen LogP contribution in [-0.2, 0) is 4.79 Å². The first-order valence-electron chi connectivity index (χ1n) is 9.70. The van der Waals surface area contributed by atoms with E-state index in [0.717, 1.165) is 21.3 Å². The van der Waals surface area contributed by atoms with Crippen LogP contribution in [0.3, 0.4) is 0 Å². The third kappa shape index (κ3) is 6.67. The Labute approximate surface area is 199 Å². The lowest BCUT2D eigenvalue weighted by Crippen LogP contribution is -2.21. The van der Waals surface area contributed by atoms with Gasteiger partial charge in [-0.15, -0.1) is 0 Å². The quantitative estimate of drug-likeness (QED) is 0.323. The molecule has 0 aromatic heterocycles. The van der Waals surface area contributed by atoms with Crippen LogP contribution in [0, 0.1) is 13.8 Å². The predicted molar refractivity (Wildman–Crippen MR) is 131 cm³/mol. The van der Waals surface area contributed by atoms with E-state index in [0.29, 0.717) is 21.9 Å². The lowest BCUT2D eigenvalue weighted by molar-refractivity contribution is -0.118. The lowest BCUT2D eigenvalue weighted by atomic mass is 10.1. The highest BCUT2D eigenvalue weighted by Crippen LogP contribution is 2.22. The average Bonchev–Trinajstić information content (AvgIpc) is 2.76. The van der Waals surface area contributed by atoms with E-state index < -0.39 is 0 Å². The highest BCUT2D eigenvalue weighted by molar-refractivity contribution is 9.10. The molecule has 0 saturated heterocycles. The number of carbonyl (C=O) groups is 2. The van der Waals surface area contributed by atoms with Crippen LogP contribution in [0.2, 0.25) is 5.02 Å². The lowest BCUT2D eigenvalue weighted by Gasteiger charge is -2.12. The number of hydrogen-bond acceptors (Lipinski definition) is 4. The normalized spacial score (nSPS) is 10.8. The summed E-state index contributed by atoms with van der Waals surface area (Å²) in [4.78, 5) is 24.5. The number of amides is 2.